The van der Waals surface area contributed by atoms with Crippen LogP contribution in [0, 0.1) is 13.8 Å². The standard InChI is InChI=1S/C17H24N2O2S/c1-10-7-15(11(2)22-10)16(20)5-6-17(21)19-14-8-12-3-4-13(9-14)18-12/h7,12-14,18H,3-6,8-9H2,1-2H3,(H,19,21). The zero-order valence-electron chi connectivity index (χ0n) is 13.3. The van der Waals surface area contributed by atoms with Crippen LogP contribution in [-0.4, -0.2) is 29.8 Å². The van der Waals surface area contributed by atoms with Crippen molar-refractivity contribution in [1.82, 2.24) is 10.6 Å². The first-order valence-corrected chi connectivity index (χ1v) is 8.98. The first kappa shape index (κ1) is 15.7. The van der Waals surface area contributed by atoms with E-state index in [0.717, 1.165) is 28.2 Å². The minimum absolute atomic E-state index is 0.0178. The molecule has 2 fully saturated rings. The van der Waals surface area contributed by atoms with E-state index in [1.807, 2.05) is 19.9 Å². The van der Waals surface area contributed by atoms with Crippen molar-refractivity contribution in [2.45, 2.75) is 70.5 Å². The van der Waals surface area contributed by atoms with E-state index in [-0.39, 0.29) is 17.7 Å². The SMILES string of the molecule is Cc1cc(C(=O)CCC(=O)NC2CC3CCC(C2)N3)c(C)s1. The lowest BCUT2D eigenvalue weighted by atomic mass is 9.99. The number of amides is 1. The van der Waals surface area contributed by atoms with Gasteiger partial charge in [0.25, 0.3) is 0 Å². The van der Waals surface area contributed by atoms with E-state index in [0.29, 0.717) is 24.9 Å². The van der Waals surface area contributed by atoms with Crippen LogP contribution in [0.25, 0.3) is 0 Å². The number of carbonyl (C=O) groups is 2. The monoisotopic (exact) mass is 320 g/mol. The summed E-state index contributed by atoms with van der Waals surface area (Å²) in [4.78, 5) is 26.5. The number of nitrogens with one attached hydrogen (secondary N) is 2. The Morgan fingerprint density at radius 1 is 1.23 bits per heavy atom. The van der Waals surface area contributed by atoms with Gasteiger partial charge in [0.1, 0.15) is 0 Å². The molecule has 2 unspecified atom stereocenters. The smallest absolute Gasteiger partial charge is 0.220 e. The van der Waals surface area contributed by atoms with Gasteiger partial charge in [-0.1, -0.05) is 0 Å². The molecule has 4 nitrogen and oxygen atoms in total. The molecular formula is C17H24N2O2S. The van der Waals surface area contributed by atoms with Gasteiger partial charge >= 0.3 is 0 Å². The number of rotatable bonds is 5. The number of hydrogen-bond donors (Lipinski definition) is 2. The van der Waals surface area contributed by atoms with Crippen molar-refractivity contribution in [1.29, 1.82) is 0 Å². The summed E-state index contributed by atoms with van der Waals surface area (Å²) >= 11 is 1.64. The largest absolute Gasteiger partial charge is 0.353 e. The van der Waals surface area contributed by atoms with Crippen molar-refractivity contribution in [3.63, 3.8) is 0 Å². The number of hydrogen-bond acceptors (Lipinski definition) is 4. The van der Waals surface area contributed by atoms with Gasteiger partial charge in [0.2, 0.25) is 5.91 Å². The fraction of sp³-hybridized carbons (Fsp3) is 0.647. The average molecular weight is 320 g/mol. The number of carbonyl (C=O) groups excluding carboxylic acids is 2. The number of Topliss-reactive ketones (excluding diaryl/α,β-unsaturated/α-hetero) is 1. The average Bonchev–Trinajstić information content (AvgIpc) is 2.98. The van der Waals surface area contributed by atoms with Crippen LogP contribution in [0.4, 0.5) is 0 Å². The van der Waals surface area contributed by atoms with Gasteiger partial charge in [-0.3, -0.25) is 9.59 Å². The number of thiophene rings is 1. The van der Waals surface area contributed by atoms with Gasteiger partial charge in [-0.2, -0.15) is 0 Å². The normalized spacial score (nSPS) is 26.9. The summed E-state index contributed by atoms with van der Waals surface area (Å²) in [6.07, 6.45) is 5.11. The first-order chi connectivity index (χ1) is 10.5. The van der Waals surface area contributed by atoms with Crippen LogP contribution >= 0.6 is 11.3 Å². The zero-order valence-corrected chi connectivity index (χ0v) is 14.1. The predicted octanol–water partition coefficient (Wildman–Crippen LogP) is 2.73. The molecule has 2 bridgehead atoms. The second-order valence-corrected chi connectivity index (χ2v) is 8.08. The molecule has 2 saturated heterocycles. The van der Waals surface area contributed by atoms with E-state index in [2.05, 4.69) is 10.6 Å². The number of fused-ring (bicyclic) bond motifs is 2. The first-order valence-electron chi connectivity index (χ1n) is 8.17. The number of ketones is 1. The summed E-state index contributed by atoms with van der Waals surface area (Å²) in [5, 5.41) is 6.69. The van der Waals surface area contributed by atoms with Crippen LogP contribution in [0.5, 0.6) is 0 Å². The molecular weight excluding hydrogens is 296 g/mol. The molecule has 0 radical (unpaired) electrons. The number of piperidine rings is 1. The van der Waals surface area contributed by atoms with Crippen LogP contribution < -0.4 is 10.6 Å². The summed E-state index contributed by atoms with van der Waals surface area (Å²) in [7, 11) is 0. The highest BCUT2D eigenvalue weighted by Crippen LogP contribution is 2.27. The Kier molecular flexibility index (Phi) is 4.64. The third-order valence-corrected chi connectivity index (χ3v) is 5.72. The highest BCUT2D eigenvalue weighted by molar-refractivity contribution is 7.12. The summed E-state index contributed by atoms with van der Waals surface area (Å²) < 4.78 is 0. The van der Waals surface area contributed by atoms with Crippen molar-refractivity contribution in [2.24, 2.45) is 0 Å². The minimum atomic E-state index is 0.0178. The highest BCUT2D eigenvalue weighted by atomic mass is 32.1. The van der Waals surface area contributed by atoms with E-state index < -0.39 is 0 Å². The topological polar surface area (TPSA) is 58.2 Å². The van der Waals surface area contributed by atoms with Gasteiger partial charge in [-0.25, -0.2) is 0 Å². The molecule has 0 aromatic carbocycles. The van der Waals surface area contributed by atoms with Crippen LogP contribution in [0.1, 0.15) is 58.6 Å². The molecule has 120 valence electrons. The molecule has 22 heavy (non-hydrogen) atoms. The fourth-order valence-electron chi connectivity index (χ4n) is 3.74. The molecule has 1 aromatic rings. The maximum atomic E-state index is 12.2. The van der Waals surface area contributed by atoms with Gasteiger partial charge in [-0.05, 0) is 45.6 Å². The lowest BCUT2D eigenvalue weighted by Crippen LogP contribution is -2.48. The lowest BCUT2D eigenvalue weighted by Gasteiger charge is -2.29. The van der Waals surface area contributed by atoms with E-state index in [1.54, 1.807) is 11.3 Å². The van der Waals surface area contributed by atoms with Gasteiger partial charge in [0.15, 0.2) is 5.78 Å². The van der Waals surface area contributed by atoms with E-state index in [1.165, 1.54) is 12.8 Å². The Morgan fingerprint density at radius 3 is 2.50 bits per heavy atom. The third-order valence-electron chi connectivity index (χ3n) is 4.76. The molecule has 3 rings (SSSR count). The lowest BCUT2D eigenvalue weighted by molar-refractivity contribution is -0.122. The molecule has 2 N–H and O–H groups in total. The van der Waals surface area contributed by atoms with Crippen LogP contribution in [0.3, 0.4) is 0 Å². The molecule has 0 aliphatic carbocycles. The maximum absolute atomic E-state index is 12.2. The van der Waals surface area contributed by atoms with Crippen molar-refractivity contribution in [3.05, 3.63) is 21.4 Å². The van der Waals surface area contributed by atoms with Gasteiger partial charge < -0.3 is 10.6 Å². The van der Waals surface area contributed by atoms with Crippen molar-refractivity contribution in [2.75, 3.05) is 0 Å². The molecule has 0 spiro atoms. The second kappa shape index (κ2) is 6.50. The highest BCUT2D eigenvalue weighted by Gasteiger charge is 2.33. The van der Waals surface area contributed by atoms with Crippen molar-refractivity contribution >= 4 is 23.0 Å². The molecule has 2 aliphatic heterocycles. The predicted molar refractivity (Wildman–Crippen MR) is 88.5 cm³/mol. The van der Waals surface area contributed by atoms with Crippen LogP contribution in [-0.2, 0) is 4.79 Å². The van der Waals surface area contributed by atoms with Gasteiger partial charge in [0, 0.05) is 46.3 Å². The second-order valence-electron chi connectivity index (χ2n) is 6.62. The molecule has 0 saturated carbocycles. The summed E-state index contributed by atoms with van der Waals surface area (Å²) in [6.45, 7) is 3.97. The Bertz CT molecular complexity index is 569. The van der Waals surface area contributed by atoms with E-state index in [9.17, 15) is 9.59 Å². The van der Waals surface area contributed by atoms with Crippen molar-refractivity contribution in [3.8, 4) is 0 Å². The molecule has 5 heteroatoms. The summed E-state index contributed by atoms with van der Waals surface area (Å²) in [5.41, 5.74) is 0.787. The Labute approximate surface area is 135 Å². The minimum Gasteiger partial charge on any atom is -0.353 e. The summed E-state index contributed by atoms with van der Waals surface area (Å²) in [6, 6.07) is 3.36. The third kappa shape index (κ3) is 3.58. The summed E-state index contributed by atoms with van der Waals surface area (Å²) in [5.74, 6) is 0.103. The Balaban J connectivity index is 1.46. The zero-order chi connectivity index (χ0) is 15.7. The quantitative estimate of drug-likeness (QED) is 0.820. The maximum Gasteiger partial charge on any atom is 0.220 e. The van der Waals surface area contributed by atoms with Crippen LogP contribution in [0.2, 0.25) is 0 Å². The van der Waals surface area contributed by atoms with Gasteiger partial charge in [0.05, 0.1) is 0 Å². The Morgan fingerprint density at radius 2 is 1.91 bits per heavy atom. The Hall–Kier alpha value is -1.20. The molecule has 2 aliphatic rings. The van der Waals surface area contributed by atoms with E-state index >= 15 is 0 Å². The van der Waals surface area contributed by atoms with Gasteiger partial charge in [-0.15, -0.1) is 11.3 Å². The van der Waals surface area contributed by atoms with E-state index in [4.69, 9.17) is 0 Å². The van der Waals surface area contributed by atoms with Crippen molar-refractivity contribution < 1.29 is 9.59 Å². The van der Waals surface area contributed by atoms with Crippen LogP contribution in [0.15, 0.2) is 6.07 Å². The fourth-order valence-corrected chi connectivity index (χ4v) is 4.69. The molecule has 3 heterocycles. The molecule has 1 aromatic heterocycles. The molecule has 1 amide bonds. The molecule has 2 atom stereocenters. The number of aryl methyl sites for hydroxylation is 2.